The molecule has 0 atom stereocenters. The number of anilines is 1. The van der Waals surface area contributed by atoms with Gasteiger partial charge in [-0.1, -0.05) is 17.7 Å². The fraction of sp³-hybridized carbons (Fsp3) is 0.0909. The number of aromatic nitrogens is 1. The van der Waals surface area contributed by atoms with Crippen molar-refractivity contribution >= 4 is 40.2 Å². The Morgan fingerprint density at radius 2 is 2.10 bits per heavy atom. The third-order valence-electron chi connectivity index (χ3n) is 4.63. The van der Waals surface area contributed by atoms with Crippen molar-refractivity contribution in [3.8, 4) is 17.0 Å². The van der Waals surface area contributed by atoms with E-state index in [1.807, 2.05) is 60.0 Å². The fourth-order valence-electron chi connectivity index (χ4n) is 3.26. The largest absolute Gasteiger partial charge is 0.482 e. The minimum absolute atomic E-state index is 0.0337. The number of benzene rings is 2. The molecule has 1 aliphatic heterocycles. The van der Waals surface area contributed by atoms with Gasteiger partial charge in [-0.15, -0.1) is 11.3 Å². The maximum absolute atomic E-state index is 11.7. The van der Waals surface area contributed by atoms with Gasteiger partial charge in [-0.2, -0.15) is 0 Å². The van der Waals surface area contributed by atoms with Crippen molar-refractivity contribution in [2.75, 3.05) is 11.9 Å². The molecule has 1 N–H and O–H groups in total. The Morgan fingerprint density at radius 1 is 1.17 bits per heavy atom. The second-order valence-electron chi connectivity index (χ2n) is 6.71. The van der Waals surface area contributed by atoms with Gasteiger partial charge in [0.1, 0.15) is 11.5 Å². The molecule has 0 fully saturated rings. The number of furan rings is 1. The molecule has 0 spiro atoms. The highest BCUT2D eigenvalue weighted by molar-refractivity contribution is 7.07. The molecular weight excluding hydrogens is 422 g/mol. The molecule has 0 bridgehead atoms. The summed E-state index contributed by atoms with van der Waals surface area (Å²) in [6.07, 6.45) is 1.65. The summed E-state index contributed by atoms with van der Waals surface area (Å²) >= 11 is 7.65. The predicted molar refractivity (Wildman–Crippen MR) is 116 cm³/mol. The third-order valence-corrected chi connectivity index (χ3v) is 5.73. The molecule has 2 aromatic heterocycles. The topological polar surface area (TPSA) is 68.8 Å². The number of ether oxygens (including phenoxy) is 1. The number of nitrogens with zero attached hydrogens (tertiary/aromatic N) is 2. The van der Waals surface area contributed by atoms with Gasteiger partial charge in [0.05, 0.1) is 29.9 Å². The number of fused-ring (bicyclic) bond motifs is 1. The van der Waals surface area contributed by atoms with Crippen LogP contribution in [0.5, 0.6) is 5.75 Å². The van der Waals surface area contributed by atoms with E-state index in [0.717, 1.165) is 27.5 Å². The average Bonchev–Trinajstić information content (AvgIpc) is 3.38. The zero-order chi connectivity index (χ0) is 20.5. The minimum atomic E-state index is -0.162. The number of carbonyl (C=O) groups excluding carboxylic acids is 1. The highest BCUT2D eigenvalue weighted by Crippen LogP contribution is 2.33. The lowest BCUT2D eigenvalue weighted by Crippen LogP contribution is -2.25. The number of amides is 1. The van der Waals surface area contributed by atoms with Gasteiger partial charge in [0.15, 0.2) is 11.4 Å². The first kappa shape index (κ1) is 18.7. The number of thiazole rings is 1. The van der Waals surface area contributed by atoms with Crippen molar-refractivity contribution in [1.82, 2.24) is 4.57 Å². The number of hydrogen-bond acceptors (Lipinski definition) is 5. The van der Waals surface area contributed by atoms with Gasteiger partial charge in [-0.25, -0.2) is 4.99 Å². The monoisotopic (exact) mass is 437 g/mol. The van der Waals surface area contributed by atoms with Gasteiger partial charge >= 0.3 is 0 Å². The van der Waals surface area contributed by atoms with Crippen molar-refractivity contribution < 1.29 is 13.9 Å². The van der Waals surface area contributed by atoms with Crippen LogP contribution in [-0.4, -0.2) is 17.1 Å². The molecule has 4 aromatic rings. The Kier molecular flexibility index (Phi) is 4.90. The van der Waals surface area contributed by atoms with Crippen molar-refractivity contribution in [1.29, 1.82) is 0 Å². The number of carbonyl (C=O) groups is 1. The Bertz CT molecular complexity index is 1290. The smallest absolute Gasteiger partial charge is 0.262 e. The van der Waals surface area contributed by atoms with Crippen LogP contribution in [0, 0.1) is 0 Å². The first-order valence-electron chi connectivity index (χ1n) is 9.24. The molecule has 1 aliphatic rings. The van der Waals surface area contributed by atoms with Crippen LogP contribution in [0.15, 0.2) is 75.7 Å². The van der Waals surface area contributed by atoms with E-state index in [9.17, 15) is 4.79 Å². The van der Waals surface area contributed by atoms with E-state index in [-0.39, 0.29) is 12.5 Å². The Labute approximate surface area is 181 Å². The van der Waals surface area contributed by atoms with Crippen molar-refractivity contribution in [3.63, 3.8) is 0 Å². The van der Waals surface area contributed by atoms with Gasteiger partial charge < -0.3 is 19.0 Å². The summed E-state index contributed by atoms with van der Waals surface area (Å²) in [6, 6.07) is 17.0. The van der Waals surface area contributed by atoms with E-state index >= 15 is 0 Å². The molecule has 1 amide bonds. The maximum Gasteiger partial charge on any atom is 0.262 e. The standard InChI is InChI=1S/C22H16ClN3O3S/c23-15-3-1-4-16(10-15)24-22-26(11-17-5-2-8-28-17)19(13-30-22)14-6-7-20-18(9-14)25-21(27)12-29-20/h1-10,13H,11-12H2,(H,25,27). The summed E-state index contributed by atoms with van der Waals surface area (Å²) in [7, 11) is 0. The van der Waals surface area contributed by atoms with E-state index in [2.05, 4.69) is 9.88 Å². The molecule has 3 heterocycles. The van der Waals surface area contributed by atoms with E-state index in [1.54, 1.807) is 6.26 Å². The number of halogens is 1. The SMILES string of the molecule is O=C1COc2ccc(-c3csc(=Nc4cccc(Cl)c4)n3Cc3ccco3)cc2N1. The second kappa shape index (κ2) is 7.85. The summed E-state index contributed by atoms with van der Waals surface area (Å²) in [5, 5.41) is 5.54. The fourth-order valence-corrected chi connectivity index (χ4v) is 4.37. The Balaban J connectivity index is 1.63. The molecule has 0 saturated heterocycles. The molecular formula is C22H16ClN3O3S. The van der Waals surface area contributed by atoms with Crippen LogP contribution in [-0.2, 0) is 11.3 Å². The maximum atomic E-state index is 11.7. The number of rotatable bonds is 4. The summed E-state index contributed by atoms with van der Waals surface area (Å²) in [6.45, 7) is 0.553. The van der Waals surface area contributed by atoms with Crippen LogP contribution in [0.3, 0.4) is 0 Å². The van der Waals surface area contributed by atoms with E-state index in [0.29, 0.717) is 23.0 Å². The van der Waals surface area contributed by atoms with Crippen LogP contribution in [0.4, 0.5) is 11.4 Å². The Hall–Kier alpha value is -3.29. The molecule has 2 aromatic carbocycles. The van der Waals surface area contributed by atoms with Gasteiger partial charge in [0.2, 0.25) is 0 Å². The molecule has 0 aliphatic carbocycles. The lowest BCUT2D eigenvalue weighted by atomic mass is 10.1. The highest BCUT2D eigenvalue weighted by Gasteiger charge is 2.18. The van der Waals surface area contributed by atoms with Gasteiger partial charge in [0.25, 0.3) is 5.91 Å². The number of hydrogen-bond donors (Lipinski definition) is 1. The zero-order valence-electron chi connectivity index (χ0n) is 15.7. The lowest BCUT2D eigenvalue weighted by molar-refractivity contribution is -0.118. The molecule has 0 radical (unpaired) electrons. The van der Waals surface area contributed by atoms with Gasteiger partial charge in [-0.05, 0) is 48.5 Å². The number of nitrogens with one attached hydrogen (secondary N) is 1. The van der Waals surface area contributed by atoms with Crippen molar-refractivity contribution in [2.45, 2.75) is 6.54 Å². The van der Waals surface area contributed by atoms with Crippen molar-refractivity contribution in [2.24, 2.45) is 4.99 Å². The molecule has 0 unspecified atom stereocenters. The normalized spacial score (nSPS) is 13.6. The van der Waals surface area contributed by atoms with E-state index < -0.39 is 0 Å². The molecule has 8 heteroatoms. The zero-order valence-corrected chi connectivity index (χ0v) is 17.2. The quantitative estimate of drug-likeness (QED) is 0.484. The molecule has 5 rings (SSSR count). The minimum Gasteiger partial charge on any atom is -0.482 e. The lowest BCUT2D eigenvalue weighted by Gasteiger charge is -2.18. The molecule has 6 nitrogen and oxygen atoms in total. The first-order chi connectivity index (χ1) is 14.7. The van der Waals surface area contributed by atoms with Crippen LogP contribution in [0.1, 0.15) is 5.76 Å². The second-order valence-corrected chi connectivity index (χ2v) is 7.98. The van der Waals surface area contributed by atoms with Gasteiger partial charge in [0, 0.05) is 16.0 Å². The molecule has 30 heavy (non-hydrogen) atoms. The highest BCUT2D eigenvalue weighted by atomic mass is 35.5. The van der Waals surface area contributed by atoms with Crippen LogP contribution in [0.2, 0.25) is 5.02 Å². The predicted octanol–water partition coefficient (Wildman–Crippen LogP) is 5.07. The molecule has 150 valence electrons. The molecule has 0 saturated carbocycles. The third kappa shape index (κ3) is 3.77. The first-order valence-corrected chi connectivity index (χ1v) is 10.5. The summed E-state index contributed by atoms with van der Waals surface area (Å²) in [5.41, 5.74) is 3.33. The average molecular weight is 438 g/mol. The van der Waals surface area contributed by atoms with E-state index in [4.69, 9.17) is 25.7 Å². The summed E-state index contributed by atoms with van der Waals surface area (Å²) in [5.74, 6) is 1.32. The van der Waals surface area contributed by atoms with E-state index in [1.165, 1.54) is 11.3 Å². The summed E-state index contributed by atoms with van der Waals surface area (Å²) in [4.78, 5) is 17.3. The Morgan fingerprint density at radius 3 is 2.93 bits per heavy atom. The van der Waals surface area contributed by atoms with Crippen LogP contribution >= 0.6 is 22.9 Å². The van der Waals surface area contributed by atoms with Crippen LogP contribution < -0.4 is 14.9 Å². The van der Waals surface area contributed by atoms with Gasteiger partial charge in [-0.3, -0.25) is 4.79 Å². The van der Waals surface area contributed by atoms with Crippen molar-refractivity contribution in [3.05, 3.63) is 81.8 Å². The summed E-state index contributed by atoms with van der Waals surface area (Å²) < 4.78 is 13.1. The van der Waals surface area contributed by atoms with Crippen LogP contribution in [0.25, 0.3) is 11.3 Å².